The van der Waals surface area contributed by atoms with Crippen LogP contribution in [0.5, 0.6) is 11.5 Å². The first-order chi connectivity index (χ1) is 6.99. The first-order valence-corrected chi connectivity index (χ1v) is 4.44. The SMILES string of the molecule is CNCC(=O)c1c(O)c(Cl)cc(O)c1F. The maximum Gasteiger partial charge on any atom is 0.183 e. The normalized spacial score (nSPS) is 10.3. The first-order valence-electron chi connectivity index (χ1n) is 4.06. The van der Waals surface area contributed by atoms with Gasteiger partial charge in [0.1, 0.15) is 11.3 Å². The standard InChI is InChI=1S/C9H9ClFNO3/c1-12-3-6(14)7-8(11)5(13)2-4(10)9(7)15/h2,12-13,15H,3H2,1H3. The maximum absolute atomic E-state index is 13.3. The average Bonchev–Trinajstić information content (AvgIpc) is 2.16. The number of likely N-dealkylation sites (N-methyl/N-ethyl adjacent to an activating group) is 1. The Hall–Kier alpha value is -1.33. The van der Waals surface area contributed by atoms with Crippen LogP contribution in [0, 0.1) is 5.82 Å². The quantitative estimate of drug-likeness (QED) is 0.544. The van der Waals surface area contributed by atoms with Crippen molar-refractivity contribution in [3.05, 3.63) is 22.5 Å². The van der Waals surface area contributed by atoms with Gasteiger partial charge in [-0.15, -0.1) is 0 Å². The molecule has 0 fully saturated rings. The van der Waals surface area contributed by atoms with Crippen LogP contribution in [0.4, 0.5) is 4.39 Å². The molecular formula is C9H9ClFNO3. The molecule has 0 amide bonds. The van der Waals surface area contributed by atoms with Gasteiger partial charge in [-0.3, -0.25) is 4.79 Å². The van der Waals surface area contributed by atoms with Crippen molar-refractivity contribution in [2.24, 2.45) is 0 Å². The second-order valence-corrected chi connectivity index (χ2v) is 3.28. The fourth-order valence-electron chi connectivity index (χ4n) is 1.11. The number of carbonyl (C=O) groups excluding carboxylic acids is 1. The number of phenols is 2. The summed E-state index contributed by atoms with van der Waals surface area (Å²) in [5.74, 6) is -3.29. The lowest BCUT2D eigenvalue weighted by atomic mass is 10.1. The van der Waals surface area contributed by atoms with E-state index in [4.69, 9.17) is 16.7 Å². The Morgan fingerprint density at radius 3 is 2.73 bits per heavy atom. The lowest BCUT2D eigenvalue weighted by Crippen LogP contribution is -2.19. The van der Waals surface area contributed by atoms with Crippen LogP contribution in [0.25, 0.3) is 0 Å². The van der Waals surface area contributed by atoms with Gasteiger partial charge in [-0.2, -0.15) is 0 Å². The fraction of sp³-hybridized carbons (Fsp3) is 0.222. The molecule has 1 aromatic rings. The lowest BCUT2D eigenvalue weighted by molar-refractivity contribution is 0.0986. The van der Waals surface area contributed by atoms with E-state index in [1.54, 1.807) is 0 Å². The molecule has 0 heterocycles. The summed E-state index contributed by atoms with van der Waals surface area (Å²) in [6, 6.07) is 0.836. The fourth-order valence-corrected chi connectivity index (χ4v) is 1.30. The van der Waals surface area contributed by atoms with E-state index < -0.39 is 28.7 Å². The molecule has 0 saturated heterocycles. The molecule has 0 spiro atoms. The highest BCUT2D eigenvalue weighted by atomic mass is 35.5. The minimum Gasteiger partial charge on any atom is -0.506 e. The molecule has 0 bridgehead atoms. The molecule has 0 unspecified atom stereocenters. The zero-order chi connectivity index (χ0) is 11.6. The Morgan fingerprint density at radius 2 is 2.20 bits per heavy atom. The summed E-state index contributed by atoms with van der Waals surface area (Å²) in [6.07, 6.45) is 0. The van der Waals surface area contributed by atoms with Gasteiger partial charge in [0, 0.05) is 6.07 Å². The number of hydrogen-bond acceptors (Lipinski definition) is 4. The van der Waals surface area contributed by atoms with Crippen LogP contribution in [-0.4, -0.2) is 29.6 Å². The second-order valence-electron chi connectivity index (χ2n) is 2.87. The van der Waals surface area contributed by atoms with Crippen molar-refractivity contribution in [2.45, 2.75) is 0 Å². The van der Waals surface area contributed by atoms with Gasteiger partial charge in [-0.1, -0.05) is 11.6 Å². The Bertz CT molecular complexity index is 383. The zero-order valence-corrected chi connectivity index (χ0v) is 8.60. The Labute approximate surface area is 90.3 Å². The van der Waals surface area contributed by atoms with Crippen LogP contribution in [0.2, 0.25) is 5.02 Å². The van der Waals surface area contributed by atoms with Crippen LogP contribution < -0.4 is 5.32 Å². The average molecular weight is 234 g/mol. The summed E-state index contributed by atoms with van der Waals surface area (Å²) in [4.78, 5) is 11.4. The molecule has 0 aliphatic carbocycles. The smallest absolute Gasteiger partial charge is 0.183 e. The largest absolute Gasteiger partial charge is 0.506 e. The van der Waals surface area contributed by atoms with Crippen molar-refractivity contribution in [3.63, 3.8) is 0 Å². The number of carbonyl (C=O) groups is 1. The van der Waals surface area contributed by atoms with Crippen LogP contribution in [0.3, 0.4) is 0 Å². The topological polar surface area (TPSA) is 69.6 Å². The van der Waals surface area contributed by atoms with Gasteiger partial charge in [-0.25, -0.2) is 4.39 Å². The highest BCUT2D eigenvalue weighted by Crippen LogP contribution is 2.35. The van der Waals surface area contributed by atoms with Crippen LogP contribution in [-0.2, 0) is 0 Å². The number of phenolic OH excluding ortho intramolecular Hbond substituents is 2. The molecule has 1 rings (SSSR count). The third kappa shape index (κ3) is 2.19. The molecule has 6 heteroatoms. The van der Waals surface area contributed by atoms with Gasteiger partial charge in [0.2, 0.25) is 0 Å². The summed E-state index contributed by atoms with van der Waals surface area (Å²) in [5.41, 5.74) is -0.602. The molecule has 1 aromatic carbocycles. The molecule has 82 valence electrons. The molecule has 0 radical (unpaired) electrons. The number of Topliss-reactive ketones (excluding diaryl/α,β-unsaturated/α-hetero) is 1. The molecule has 4 nitrogen and oxygen atoms in total. The highest BCUT2D eigenvalue weighted by molar-refractivity contribution is 6.32. The number of nitrogens with one attached hydrogen (secondary N) is 1. The Balaban J connectivity index is 3.32. The number of ketones is 1. The van der Waals surface area contributed by atoms with Gasteiger partial charge in [0.15, 0.2) is 17.3 Å². The van der Waals surface area contributed by atoms with E-state index in [1.165, 1.54) is 7.05 Å². The highest BCUT2D eigenvalue weighted by Gasteiger charge is 2.22. The van der Waals surface area contributed by atoms with Crippen molar-refractivity contribution in [1.82, 2.24) is 5.32 Å². The van der Waals surface area contributed by atoms with E-state index in [-0.39, 0.29) is 11.6 Å². The molecule has 0 aliphatic heterocycles. The molecular weight excluding hydrogens is 225 g/mol. The number of rotatable bonds is 3. The molecule has 0 atom stereocenters. The van der Waals surface area contributed by atoms with Crippen LogP contribution in [0.15, 0.2) is 6.07 Å². The number of benzene rings is 1. The van der Waals surface area contributed by atoms with E-state index in [2.05, 4.69) is 5.32 Å². The van der Waals surface area contributed by atoms with E-state index in [0.717, 1.165) is 6.07 Å². The zero-order valence-electron chi connectivity index (χ0n) is 7.84. The van der Waals surface area contributed by atoms with Crippen molar-refractivity contribution in [3.8, 4) is 11.5 Å². The van der Waals surface area contributed by atoms with Crippen LogP contribution in [0.1, 0.15) is 10.4 Å². The maximum atomic E-state index is 13.3. The van der Waals surface area contributed by atoms with E-state index in [9.17, 15) is 14.3 Å². The van der Waals surface area contributed by atoms with E-state index in [0.29, 0.717) is 0 Å². The van der Waals surface area contributed by atoms with Crippen molar-refractivity contribution in [2.75, 3.05) is 13.6 Å². The van der Waals surface area contributed by atoms with Crippen LogP contribution >= 0.6 is 11.6 Å². The van der Waals surface area contributed by atoms with Gasteiger partial charge in [-0.05, 0) is 7.05 Å². The Kier molecular flexibility index (Phi) is 3.49. The van der Waals surface area contributed by atoms with E-state index in [1.807, 2.05) is 0 Å². The van der Waals surface area contributed by atoms with Gasteiger partial charge in [0.05, 0.1) is 11.6 Å². The Morgan fingerprint density at radius 1 is 1.60 bits per heavy atom. The number of hydrogen-bond donors (Lipinski definition) is 3. The van der Waals surface area contributed by atoms with Gasteiger partial charge < -0.3 is 15.5 Å². The van der Waals surface area contributed by atoms with Crippen molar-refractivity contribution < 1.29 is 19.4 Å². The minimum atomic E-state index is -1.17. The second kappa shape index (κ2) is 4.46. The molecule has 0 aromatic heterocycles. The van der Waals surface area contributed by atoms with E-state index >= 15 is 0 Å². The predicted octanol–water partition coefficient (Wildman–Crippen LogP) is 1.29. The van der Waals surface area contributed by atoms with Gasteiger partial charge in [0.25, 0.3) is 0 Å². The third-order valence-electron chi connectivity index (χ3n) is 1.79. The summed E-state index contributed by atoms with van der Waals surface area (Å²) >= 11 is 5.49. The molecule has 15 heavy (non-hydrogen) atoms. The van der Waals surface area contributed by atoms with Crippen molar-refractivity contribution >= 4 is 17.4 Å². The lowest BCUT2D eigenvalue weighted by Gasteiger charge is -2.07. The van der Waals surface area contributed by atoms with Crippen molar-refractivity contribution in [1.29, 1.82) is 0 Å². The molecule has 0 saturated carbocycles. The number of halogens is 2. The molecule has 0 aliphatic rings. The first kappa shape index (κ1) is 11.7. The summed E-state index contributed by atoms with van der Waals surface area (Å²) < 4.78 is 13.3. The molecule has 3 N–H and O–H groups in total. The number of aromatic hydroxyl groups is 2. The monoisotopic (exact) mass is 233 g/mol. The predicted molar refractivity (Wildman–Crippen MR) is 53.0 cm³/mol. The summed E-state index contributed by atoms with van der Waals surface area (Å²) in [5, 5.41) is 20.7. The minimum absolute atomic E-state index is 0.162. The van der Waals surface area contributed by atoms with Gasteiger partial charge >= 0.3 is 0 Å². The third-order valence-corrected chi connectivity index (χ3v) is 2.08. The summed E-state index contributed by atoms with van der Waals surface area (Å²) in [7, 11) is 1.50. The summed E-state index contributed by atoms with van der Waals surface area (Å²) in [6.45, 7) is -0.162.